The van der Waals surface area contributed by atoms with Gasteiger partial charge in [-0.05, 0) is 19.4 Å². The zero-order valence-corrected chi connectivity index (χ0v) is 11.2. The van der Waals surface area contributed by atoms with Crippen molar-refractivity contribution in [3.8, 4) is 0 Å². The Balaban J connectivity index is 2.96. The fraction of sp³-hybridized carbons (Fsp3) is 0.571. The number of aliphatic hydroxyl groups is 1. The summed E-state index contributed by atoms with van der Waals surface area (Å²) >= 11 is 0. The normalized spacial score (nSPS) is 14.4. The van der Waals surface area contributed by atoms with E-state index < -0.39 is 6.10 Å². The average Bonchev–Trinajstić information content (AvgIpc) is 2.37. The van der Waals surface area contributed by atoms with Crippen molar-refractivity contribution in [1.29, 1.82) is 0 Å². The second kappa shape index (κ2) is 6.62. The Morgan fingerprint density at radius 2 is 2.00 bits per heavy atom. The first kappa shape index (κ1) is 14.0. The van der Waals surface area contributed by atoms with Crippen molar-refractivity contribution in [3.63, 3.8) is 0 Å². The van der Waals surface area contributed by atoms with Gasteiger partial charge in [0, 0.05) is 31.5 Å². The first-order valence-electron chi connectivity index (χ1n) is 6.10. The molecule has 1 rings (SSSR count). The number of nitrogens with zero attached hydrogens (tertiary/aromatic N) is 1. The van der Waals surface area contributed by atoms with E-state index in [1.807, 2.05) is 38.2 Å². The highest BCUT2D eigenvalue weighted by atomic mass is 16.5. The van der Waals surface area contributed by atoms with E-state index in [2.05, 4.69) is 11.8 Å². The lowest BCUT2D eigenvalue weighted by Crippen LogP contribution is -2.33. The zero-order valence-electron chi connectivity index (χ0n) is 11.2. The molecule has 1 aromatic carbocycles. The number of hydrogen-bond donors (Lipinski definition) is 1. The predicted octanol–water partition coefficient (Wildman–Crippen LogP) is 2.60. The third-order valence-corrected chi connectivity index (χ3v) is 3.13. The van der Waals surface area contributed by atoms with Gasteiger partial charge in [-0.3, -0.25) is 0 Å². The van der Waals surface area contributed by atoms with Gasteiger partial charge in [0.2, 0.25) is 0 Å². The van der Waals surface area contributed by atoms with Crippen molar-refractivity contribution in [2.45, 2.75) is 32.4 Å². The van der Waals surface area contributed by atoms with Gasteiger partial charge in [0.15, 0.2) is 0 Å². The Morgan fingerprint density at radius 1 is 1.35 bits per heavy atom. The van der Waals surface area contributed by atoms with Gasteiger partial charge in [0.1, 0.15) is 0 Å². The number of methoxy groups -OCH3 is 1. The molecule has 0 aliphatic heterocycles. The van der Waals surface area contributed by atoms with Gasteiger partial charge in [0.25, 0.3) is 0 Å². The number of anilines is 1. The summed E-state index contributed by atoms with van der Waals surface area (Å²) < 4.78 is 5.17. The number of aliphatic hydroxyl groups excluding tert-OH is 1. The molecule has 96 valence electrons. The lowest BCUT2D eigenvalue weighted by Gasteiger charge is -2.29. The molecule has 0 radical (unpaired) electrons. The summed E-state index contributed by atoms with van der Waals surface area (Å²) in [7, 11) is 3.74. The fourth-order valence-corrected chi connectivity index (χ4v) is 1.90. The molecule has 2 atom stereocenters. The fourth-order valence-electron chi connectivity index (χ4n) is 1.90. The van der Waals surface area contributed by atoms with Gasteiger partial charge in [-0.1, -0.05) is 25.1 Å². The Kier molecular flexibility index (Phi) is 5.45. The number of benzene rings is 1. The van der Waals surface area contributed by atoms with Crippen LogP contribution in [-0.4, -0.2) is 31.9 Å². The van der Waals surface area contributed by atoms with Crippen LogP contribution in [0.1, 0.15) is 31.9 Å². The van der Waals surface area contributed by atoms with E-state index in [0.29, 0.717) is 6.61 Å². The molecule has 3 nitrogen and oxygen atoms in total. The summed E-state index contributed by atoms with van der Waals surface area (Å²) in [6.07, 6.45) is 0.326. The van der Waals surface area contributed by atoms with Gasteiger partial charge >= 0.3 is 0 Å². The number of hydrogen-bond acceptors (Lipinski definition) is 3. The maximum absolute atomic E-state index is 10.0. The first-order chi connectivity index (χ1) is 8.11. The third kappa shape index (κ3) is 3.45. The number of ether oxygens (including phenoxy) is 1. The Bertz CT molecular complexity index is 341. The van der Waals surface area contributed by atoms with Gasteiger partial charge in [0.05, 0.1) is 12.7 Å². The summed E-state index contributed by atoms with van der Waals surface area (Å²) in [6.45, 7) is 4.77. The topological polar surface area (TPSA) is 32.7 Å². The van der Waals surface area contributed by atoms with Gasteiger partial charge in [-0.15, -0.1) is 0 Å². The Morgan fingerprint density at radius 3 is 2.59 bits per heavy atom. The first-order valence-corrected chi connectivity index (χ1v) is 6.10. The molecule has 0 bridgehead atoms. The highest BCUT2D eigenvalue weighted by Gasteiger charge is 2.16. The van der Waals surface area contributed by atoms with E-state index in [4.69, 9.17) is 4.74 Å². The van der Waals surface area contributed by atoms with Crippen LogP contribution in [0.5, 0.6) is 0 Å². The van der Waals surface area contributed by atoms with Crippen LogP contribution in [0.2, 0.25) is 0 Å². The van der Waals surface area contributed by atoms with E-state index in [0.717, 1.165) is 17.7 Å². The van der Waals surface area contributed by atoms with E-state index in [-0.39, 0.29) is 6.04 Å². The lowest BCUT2D eigenvalue weighted by molar-refractivity contribution is 0.172. The second-order valence-corrected chi connectivity index (χ2v) is 4.40. The molecule has 0 spiro atoms. The predicted molar refractivity (Wildman–Crippen MR) is 71.4 cm³/mol. The smallest absolute Gasteiger partial charge is 0.0807 e. The van der Waals surface area contributed by atoms with E-state index in [9.17, 15) is 5.11 Å². The largest absolute Gasteiger partial charge is 0.388 e. The van der Waals surface area contributed by atoms with E-state index in [1.165, 1.54) is 0 Å². The van der Waals surface area contributed by atoms with Crippen LogP contribution in [-0.2, 0) is 4.74 Å². The summed E-state index contributed by atoms with van der Waals surface area (Å²) in [4.78, 5) is 2.15. The molecule has 17 heavy (non-hydrogen) atoms. The number of likely N-dealkylation sites (N-methyl/N-ethyl adjacent to an activating group) is 1. The molecule has 1 aromatic rings. The van der Waals surface area contributed by atoms with Gasteiger partial charge in [-0.25, -0.2) is 0 Å². The van der Waals surface area contributed by atoms with Crippen LogP contribution < -0.4 is 4.90 Å². The van der Waals surface area contributed by atoms with Crippen LogP contribution in [0.15, 0.2) is 24.3 Å². The monoisotopic (exact) mass is 237 g/mol. The molecular formula is C14H23NO2. The van der Waals surface area contributed by atoms with Crippen LogP contribution in [0.25, 0.3) is 0 Å². The summed E-state index contributed by atoms with van der Waals surface area (Å²) in [5.41, 5.74) is 2.06. The zero-order chi connectivity index (χ0) is 12.8. The van der Waals surface area contributed by atoms with Crippen LogP contribution in [0.4, 0.5) is 5.69 Å². The van der Waals surface area contributed by atoms with Gasteiger partial charge < -0.3 is 14.7 Å². The highest BCUT2D eigenvalue weighted by molar-refractivity contribution is 5.54. The third-order valence-electron chi connectivity index (χ3n) is 3.13. The maximum Gasteiger partial charge on any atom is 0.0807 e. The van der Waals surface area contributed by atoms with E-state index in [1.54, 1.807) is 7.11 Å². The van der Waals surface area contributed by atoms with Crippen LogP contribution >= 0.6 is 0 Å². The van der Waals surface area contributed by atoms with Gasteiger partial charge in [-0.2, -0.15) is 0 Å². The standard InChI is InChI=1S/C14H23NO2/c1-5-14(16)12-8-6-7-9-13(12)15(3)11(2)10-17-4/h6-9,11,14,16H,5,10H2,1-4H3/t11?,14-/m0/s1. The van der Waals surface area contributed by atoms with Crippen molar-refractivity contribution >= 4 is 5.69 Å². The molecule has 0 heterocycles. The van der Waals surface area contributed by atoms with Crippen molar-refractivity contribution < 1.29 is 9.84 Å². The molecule has 0 saturated carbocycles. The minimum atomic E-state index is -0.400. The van der Waals surface area contributed by atoms with Crippen LogP contribution in [0.3, 0.4) is 0 Å². The summed E-state index contributed by atoms with van der Waals surface area (Å²) in [6, 6.07) is 8.27. The van der Waals surface area contributed by atoms with Crippen molar-refractivity contribution in [3.05, 3.63) is 29.8 Å². The maximum atomic E-state index is 10.0. The van der Waals surface area contributed by atoms with Crippen molar-refractivity contribution in [2.75, 3.05) is 25.7 Å². The van der Waals surface area contributed by atoms with Crippen LogP contribution in [0, 0.1) is 0 Å². The molecule has 0 saturated heterocycles. The number of rotatable bonds is 6. The molecular weight excluding hydrogens is 214 g/mol. The minimum absolute atomic E-state index is 0.283. The van der Waals surface area contributed by atoms with Crippen molar-refractivity contribution in [1.82, 2.24) is 0 Å². The highest BCUT2D eigenvalue weighted by Crippen LogP contribution is 2.28. The summed E-state index contributed by atoms with van der Waals surface area (Å²) in [5.74, 6) is 0. The molecule has 0 aliphatic rings. The molecule has 3 heteroatoms. The summed E-state index contributed by atoms with van der Waals surface area (Å²) in [5, 5.41) is 10.0. The molecule has 0 aromatic heterocycles. The lowest BCUT2D eigenvalue weighted by atomic mass is 10.0. The molecule has 1 unspecified atom stereocenters. The Hall–Kier alpha value is -1.06. The molecule has 1 N–H and O–H groups in total. The van der Waals surface area contributed by atoms with E-state index >= 15 is 0 Å². The molecule has 0 amide bonds. The minimum Gasteiger partial charge on any atom is -0.388 e. The Labute approximate surface area is 104 Å². The number of para-hydroxylation sites is 1. The molecule has 0 aliphatic carbocycles. The van der Waals surface area contributed by atoms with Crippen molar-refractivity contribution in [2.24, 2.45) is 0 Å². The average molecular weight is 237 g/mol. The SMILES string of the molecule is CC[C@H](O)c1ccccc1N(C)C(C)COC. The second-order valence-electron chi connectivity index (χ2n) is 4.40. The molecule has 0 fully saturated rings. The quantitative estimate of drug-likeness (QED) is 0.825.